The first-order valence-corrected chi connectivity index (χ1v) is 6.19. The highest BCUT2D eigenvalue weighted by molar-refractivity contribution is 6.35. The van der Waals surface area contributed by atoms with E-state index in [9.17, 15) is 27.6 Å². The van der Waals surface area contributed by atoms with Crippen molar-refractivity contribution in [2.45, 2.75) is 26.1 Å². The summed E-state index contributed by atoms with van der Waals surface area (Å²) in [6.07, 6.45) is -4.50. The Bertz CT molecular complexity index is 568. The van der Waals surface area contributed by atoms with Crippen molar-refractivity contribution in [3.63, 3.8) is 0 Å². The van der Waals surface area contributed by atoms with Crippen LogP contribution in [0.5, 0.6) is 0 Å². The van der Waals surface area contributed by atoms with E-state index in [0.29, 0.717) is 0 Å². The zero-order chi connectivity index (χ0) is 16.9. The molecule has 22 heavy (non-hydrogen) atoms. The zero-order valence-corrected chi connectivity index (χ0v) is 11.7. The fourth-order valence-corrected chi connectivity index (χ4v) is 1.38. The fraction of sp³-hybridized carbons (Fsp3) is 0.308. The summed E-state index contributed by atoms with van der Waals surface area (Å²) >= 11 is 0. The quantitative estimate of drug-likeness (QED) is 0.561. The molecule has 0 heterocycles. The molecule has 0 atom stereocenters. The van der Waals surface area contributed by atoms with Gasteiger partial charge in [-0.05, 0) is 38.1 Å². The predicted octanol–water partition coefficient (Wildman–Crippen LogP) is 0.991. The van der Waals surface area contributed by atoms with Gasteiger partial charge in [0.1, 0.15) is 0 Å². The van der Waals surface area contributed by atoms with Gasteiger partial charge in [0.15, 0.2) is 0 Å². The second-order valence-corrected chi connectivity index (χ2v) is 4.61. The van der Waals surface area contributed by atoms with E-state index in [-0.39, 0.29) is 11.6 Å². The van der Waals surface area contributed by atoms with Gasteiger partial charge in [0.2, 0.25) is 0 Å². The van der Waals surface area contributed by atoms with Crippen molar-refractivity contribution in [1.82, 2.24) is 16.2 Å². The Balaban J connectivity index is 2.59. The molecule has 6 nitrogen and oxygen atoms in total. The Morgan fingerprint density at radius 1 is 0.955 bits per heavy atom. The van der Waals surface area contributed by atoms with Crippen LogP contribution < -0.4 is 16.2 Å². The Kier molecular flexibility index (Phi) is 5.50. The Labute approximate surface area is 124 Å². The van der Waals surface area contributed by atoms with Crippen LogP contribution in [-0.4, -0.2) is 23.8 Å². The van der Waals surface area contributed by atoms with E-state index in [1.54, 1.807) is 13.8 Å². The lowest BCUT2D eigenvalue weighted by Crippen LogP contribution is -2.49. The number of hydrogen-bond acceptors (Lipinski definition) is 3. The van der Waals surface area contributed by atoms with E-state index in [2.05, 4.69) is 5.32 Å². The molecule has 1 rings (SSSR count). The minimum atomic E-state index is -4.50. The van der Waals surface area contributed by atoms with E-state index in [1.165, 1.54) is 0 Å². The van der Waals surface area contributed by atoms with Crippen LogP contribution in [0.1, 0.15) is 29.8 Å². The standard InChI is InChI=1S/C13H14F3N3O3/c1-7(2)17-11(21)12(22)19-18-10(20)8-3-5-9(6-4-8)13(14,15)16/h3-7H,1-2H3,(H,17,21)(H,18,20)(H,19,22). The minimum absolute atomic E-state index is 0.0995. The molecule has 0 saturated carbocycles. The van der Waals surface area contributed by atoms with E-state index in [4.69, 9.17) is 0 Å². The summed E-state index contributed by atoms with van der Waals surface area (Å²) in [7, 11) is 0. The molecule has 0 aliphatic carbocycles. The number of rotatable bonds is 2. The summed E-state index contributed by atoms with van der Waals surface area (Å²) in [6, 6.07) is 3.13. The molecule has 0 saturated heterocycles. The number of amides is 3. The van der Waals surface area contributed by atoms with Crippen LogP contribution in [0.4, 0.5) is 13.2 Å². The molecule has 0 aliphatic heterocycles. The van der Waals surface area contributed by atoms with Gasteiger partial charge in [-0.2, -0.15) is 13.2 Å². The molecular formula is C13H14F3N3O3. The van der Waals surface area contributed by atoms with Crippen molar-refractivity contribution in [2.24, 2.45) is 0 Å². The molecule has 0 bridgehead atoms. The van der Waals surface area contributed by atoms with Crippen LogP contribution in [0.25, 0.3) is 0 Å². The maximum Gasteiger partial charge on any atom is 0.416 e. The highest BCUT2D eigenvalue weighted by Crippen LogP contribution is 2.28. The van der Waals surface area contributed by atoms with Crippen LogP contribution in [-0.2, 0) is 15.8 Å². The largest absolute Gasteiger partial charge is 0.416 e. The van der Waals surface area contributed by atoms with E-state index in [1.807, 2.05) is 10.9 Å². The van der Waals surface area contributed by atoms with Crippen molar-refractivity contribution in [3.8, 4) is 0 Å². The normalized spacial score (nSPS) is 11.0. The Morgan fingerprint density at radius 3 is 1.95 bits per heavy atom. The fourth-order valence-electron chi connectivity index (χ4n) is 1.38. The molecule has 0 aliphatic rings. The molecule has 0 radical (unpaired) electrons. The zero-order valence-electron chi connectivity index (χ0n) is 11.7. The lowest BCUT2D eigenvalue weighted by Gasteiger charge is -2.10. The molecule has 0 aromatic heterocycles. The Morgan fingerprint density at radius 2 is 1.50 bits per heavy atom. The Hall–Kier alpha value is -2.58. The topological polar surface area (TPSA) is 87.3 Å². The van der Waals surface area contributed by atoms with Gasteiger partial charge in [-0.1, -0.05) is 0 Å². The summed E-state index contributed by atoms with van der Waals surface area (Å²) in [5.74, 6) is -2.88. The molecule has 9 heteroatoms. The number of nitrogens with one attached hydrogen (secondary N) is 3. The SMILES string of the molecule is CC(C)NC(=O)C(=O)NNC(=O)c1ccc(C(F)(F)F)cc1. The third kappa shape index (κ3) is 5.08. The molecule has 1 aromatic carbocycles. The number of carbonyl (C=O) groups excluding carboxylic acids is 3. The molecule has 120 valence electrons. The van der Waals surface area contributed by atoms with E-state index in [0.717, 1.165) is 24.3 Å². The van der Waals surface area contributed by atoms with E-state index >= 15 is 0 Å². The van der Waals surface area contributed by atoms with Crippen LogP contribution in [0.2, 0.25) is 0 Å². The van der Waals surface area contributed by atoms with Crippen molar-refractivity contribution in [2.75, 3.05) is 0 Å². The average Bonchev–Trinajstić information content (AvgIpc) is 2.42. The molecule has 3 amide bonds. The van der Waals surface area contributed by atoms with Gasteiger partial charge in [-0.25, -0.2) is 0 Å². The maximum absolute atomic E-state index is 12.4. The summed E-state index contributed by atoms with van der Waals surface area (Å²) in [4.78, 5) is 34.2. The minimum Gasteiger partial charge on any atom is -0.346 e. The first-order chi connectivity index (χ1) is 10.1. The van der Waals surface area contributed by atoms with Gasteiger partial charge in [0.05, 0.1) is 5.56 Å². The van der Waals surface area contributed by atoms with Crippen LogP contribution in [0.15, 0.2) is 24.3 Å². The van der Waals surface area contributed by atoms with Gasteiger partial charge in [0, 0.05) is 11.6 Å². The van der Waals surface area contributed by atoms with Gasteiger partial charge in [0.25, 0.3) is 5.91 Å². The van der Waals surface area contributed by atoms with E-state index < -0.39 is 29.5 Å². The van der Waals surface area contributed by atoms with Crippen LogP contribution >= 0.6 is 0 Å². The van der Waals surface area contributed by atoms with Gasteiger partial charge in [-0.15, -0.1) is 0 Å². The maximum atomic E-state index is 12.4. The number of halogens is 3. The first-order valence-electron chi connectivity index (χ1n) is 6.19. The number of alkyl halides is 3. The summed E-state index contributed by atoms with van der Waals surface area (Å²) in [5, 5.41) is 2.30. The van der Waals surface area contributed by atoms with Crippen molar-refractivity contribution < 1.29 is 27.6 Å². The van der Waals surface area contributed by atoms with Crippen molar-refractivity contribution >= 4 is 17.7 Å². The van der Waals surface area contributed by atoms with Gasteiger partial charge in [-0.3, -0.25) is 25.2 Å². The molecular weight excluding hydrogens is 303 g/mol. The number of hydrogen-bond donors (Lipinski definition) is 3. The average molecular weight is 317 g/mol. The van der Waals surface area contributed by atoms with Crippen molar-refractivity contribution in [1.29, 1.82) is 0 Å². The predicted molar refractivity (Wildman–Crippen MR) is 70.3 cm³/mol. The molecule has 3 N–H and O–H groups in total. The summed E-state index contributed by atoms with van der Waals surface area (Å²) < 4.78 is 37.1. The smallest absolute Gasteiger partial charge is 0.346 e. The number of benzene rings is 1. The monoisotopic (exact) mass is 317 g/mol. The third-order valence-corrected chi connectivity index (χ3v) is 2.39. The lowest BCUT2D eigenvalue weighted by molar-refractivity contribution is -0.139. The molecule has 1 aromatic rings. The second-order valence-electron chi connectivity index (χ2n) is 4.61. The lowest BCUT2D eigenvalue weighted by atomic mass is 10.1. The summed E-state index contributed by atoms with van der Waals surface area (Å²) in [6.45, 7) is 3.29. The number of hydrazine groups is 1. The highest BCUT2D eigenvalue weighted by atomic mass is 19.4. The van der Waals surface area contributed by atoms with Crippen molar-refractivity contribution in [3.05, 3.63) is 35.4 Å². The van der Waals surface area contributed by atoms with Crippen LogP contribution in [0.3, 0.4) is 0 Å². The molecule has 0 spiro atoms. The number of carbonyl (C=O) groups is 3. The second kappa shape index (κ2) is 6.92. The first kappa shape index (κ1) is 17.5. The highest BCUT2D eigenvalue weighted by Gasteiger charge is 2.30. The third-order valence-electron chi connectivity index (χ3n) is 2.39. The van der Waals surface area contributed by atoms with Gasteiger partial charge < -0.3 is 5.32 Å². The van der Waals surface area contributed by atoms with Gasteiger partial charge >= 0.3 is 18.0 Å². The molecule has 0 fully saturated rings. The molecule has 0 unspecified atom stereocenters. The van der Waals surface area contributed by atoms with Crippen LogP contribution in [0, 0.1) is 0 Å². The summed E-state index contributed by atoms with van der Waals surface area (Å²) in [5.41, 5.74) is 2.79.